The maximum atomic E-state index is 12.5. The van der Waals surface area contributed by atoms with Crippen LogP contribution < -0.4 is 22.1 Å². The topological polar surface area (TPSA) is 89.3 Å². The van der Waals surface area contributed by atoms with Crippen molar-refractivity contribution >= 4 is 29.4 Å². The van der Waals surface area contributed by atoms with Crippen LogP contribution in [0.3, 0.4) is 0 Å². The van der Waals surface area contributed by atoms with Crippen molar-refractivity contribution in [3.05, 3.63) is 48.0 Å². The Morgan fingerprint density at radius 3 is 2.33 bits per heavy atom. The number of nitrogen functional groups attached to an aromatic ring is 2. The summed E-state index contributed by atoms with van der Waals surface area (Å²) in [6.07, 6.45) is 0. The van der Waals surface area contributed by atoms with E-state index in [-0.39, 0.29) is 0 Å². The van der Waals surface area contributed by atoms with Crippen LogP contribution in [0, 0.1) is 6.92 Å². The summed E-state index contributed by atoms with van der Waals surface area (Å²) in [7, 11) is -3.61. The van der Waals surface area contributed by atoms with Crippen molar-refractivity contribution < 1.29 is 9.46 Å². The third kappa shape index (κ3) is 2.26. The first kappa shape index (κ1) is 12.7. The average Bonchev–Trinajstić information content (AvgIpc) is 2.32. The second kappa shape index (κ2) is 4.48. The number of anilines is 2. The van der Waals surface area contributed by atoms with Gasteiger partial charge in [-0.15, -0.1) is 0 Å². The van der Waals surface area contributed by atoms with Gasteiger partial charge in [-0.25, -0.2) is 0 Å². The minimum atomic E-state index is -3.61. The molecule has 4 nitrogen and oxygen atoms in total. The number of hydrogen-bond donors (Lipinski definition) is 3. The average molecular weight is 262 g/mol. The van der Waals surface area contributed by atoms with Gasteiger partial charge in [0.05, 0.1) is 0 Å². The molecule has 0 spiro atoms. The van der Waals surface area contributed by atoms with E-state index < -0.39 is 7.37 Å². The third-order valence-electron chi connectivity index (χ3n) is 2.82. The van der Waals surface area contributed by atoms with Crippen LogP contribution in [0.15, 0.2) is 42.5 Å². The van der Waals surface area contributed by atoms with E-state index in [0.717, 1.165) is 5.56 Å². The molecule has 0 radical (unpaired) electrons. The number of hydrogen-bond acceptors (Lipinski definition) is 3. The van der Waals surface area contributed by atoms with Gasteiger partial charge in [-0.3, -0.25) is 4.57 Å². The maximum Gasteiger partial charge on any atom is 0.258 e. The molecule has 0 aliphatic rings. The van der Waals surface area contributed by atoms with Crippen LogP contribution in [0.4, 0.5) is 11.4 Å². The molecule has 0 saturated carbocycles. The molecule has 1 unspecified atom stereocenters. The van der Waals surface area contributed by atoms with E-state index >= 15 is 0 Å². The van der Waals surface area contributed by atoms with E-state index in [2.05, 4.69) is 0 Å². The van der Waals surface area contributed by atoms with Crippen molar-refractivity contribution in [3.8, 4) is 0 Å². The molecule has 0 aliphatic heterocycles. The number of aryl methyl sites for hydroxylation is 1. The molecule has 0 saturated heterocycles. The van der Waals surface area contributed by atoms with Crippen molar-refractivity contribution in [3.63, 3.8) is 0 Å². The van der Waals surface area contributed by atoms with Crippen LogP contribution in [0.25, 0.3) is 0 Å². The van der Waals surface area contributed by atoms with E-state index in [1.54, 1.807) is 43.3 Å². The molecular formula is C13H15N2O2P. The third-order valence-corrected chi connectivity index (χ3v) is 4.78. The second-order valence-electron chi connectivity index (χ2n) is 4.21. The normalized spacial score (nSPS) is 14.1. The molecular weight excluding hydrogens is 247 g/mol. The lowest BCUT2D eigenvalue weighted by molar-refractivity contribution is 0.501. The summed E-state index contributed by atoms with van der Waals surface area (Å²) in [5.41, 5.74) is 13.2. The predicted octanol–water partition coefficient (Wildman–Crippen LogP) is 1.38. The van der Waals surface area contributed by atoms with Crippen LogP contribution in [-0.4, -0.2) is 4.89 Å². The van der Waals surface area contributed by atoms with Gasteiger partial charge < -0.3 is 16.4 Å². The lowest BCUT2D eigenvalue weighted by atomic mass is 10.2. The van der Waals surface area contributed by atoms with Gasteiger partial charge in [0.1, 0.15) is 0 Å². The van der Waals surface area contributed by atoms with E-state index in [9.17, 15) is 9.46 Å². The quantitative estimate of drug-likeness (QED) is 0.563. The van der Waals surface area contributed by atoms with Gasteiger partial charge in [-0.1, -0.05) is 6.07 Å². The molecule has 18 heavy (non-hydrogen) atoms. The fourth-order valence-corrected chi connectivity index (χ4v) is 3.27. The molecule has 5 N–H and O–H groups in total. The highest BCUT2D eigenvalue weighted by molar-refractivity contribution is 7.73. The van der Waals surface area contributed by atoms with E-state index in [1.807, 2.05) is 0 Å². The minimum Gasteiger partial charge on any atom is -0.399 e. The molecule has 0 fully saturated rings. The van der Waals surface area contributed by atoms with Crippen molar-refractivity contribution in [2.75, 3.05) is 11.5 Å². The maximum absolute atomic E-state index is 12.5. The highest BCUT2D eigenvalue weighted by Crippen LogP contribution is 2.39. The summed E-state index contributed by atoms with van der Waals surface area (Å²) in [5, 5.41) is 0.687. The monoisotopic (exact) mass is 262 g/mol. The van der Waals surface area contributed by atoms with Gasteiger partial charge in [0.25, 0.3) is 7.37 Å². The molecule has 94 valence electrons. The van der Waals surface area contributed by atoms with E-state index in [4.69, 9.17) is 11.5 Å². The number of benzene rings is 2. The minimum absolute atomic E-state index is 0.326. The molecule has 2 aromatic rings. The first-order chi connectivity index (χ1) is 8.41. The van der Waals surface area contributed by atoms with Gasteiger partial charge in [-0.05, 0) is 48.9 Å². The Balaban J connectivity index is 2.54. The van der Waals surface area contributed by atoms with E-state index in [1.165, 1.54) is 6.07 Å². The van der Waals surface area contributed by atoms with Gasteiger partial charge >= 0.3 is 0 Å². The van der Waals surface area contributed by atoms with Gasteiger partial charge in [0, 0.05) is 22.0 Å². The zero-order chi connectivity index (χ0) is 13.3. The molecule has 0 amide bonds. The van der Waals surface area contributed by atoms with Crippen LogP contribution in [-0.2, 0) is 4.57 Å². The van der Waals surface area contributed by atoms with Gasteiger partial charge in [0.2, 0.25) is 0 Å². The largest absolute Gasteiger partial charge is 0.399 e. The van der Waals surface area contributed by atoms with Crippen LogP contribution in [0.2, 0.25) is 0 Å². The lowest BCUT2D eigenvalue weighted by Gasteiger charge is -2.14. The zero-order valence-corrected chi connectivity index (χ0v) is 10.9. The Hall–Kier alpha value is -1.77. The Kier molecular flexibility index (Phi) is 3.16. The first-order valence-electron chi connectivity index (χ1n) is 5.47. The molecule has 0 aromatic heterocycles. The standard InChI is InChI=1S/C13H15N2O2P/c1-9-7-12(5-6-13(9)15)18(16,17)11-4-2-3-10(14)8-11/h2-8H,14-15H2,1H3,(H,16,17). The summed E-state index contributed by atoms with van der Waals surface area (Å²) < 4.78 is 12.5. The van der Waals surface area contributed by atoms with Crippen LogP contribution in [0.5, 0.6) is 0 Å². The van der Waals surface area contributed by atoms with Gasteiger partial charge in [0.15, 0.2) is 0 Å². The fraction of sp³-hybridized carbons (Fsp3) is 0.0769. The SMILES string of the molecule is Cc1cc(P(=O)(O)c2cccc(N)c2)ccc1N. The molecule has 5 heteroatoms. The number of rotatable bonds is 2. The molecule has 1 atom stereocenters. The summed E-state index contributed by atoms with van der Waals surface area (Å²) in [6.45, 7) is 1.80. The number of nitrogens with two attached hydrogens (primary N) is 2. The summed E-state index contributed by atoms with van der Waals surface area (Å²) >= 11 is 0. The molecule has 0 bridgehead atoms. The summed E-state index contributed by atoms with van der Waals surface area (Å²) in [5.74, 6) is 0. The second-order valence-corrected chi connectivity index (χ2v) is 6.40. The molecule has 2 aromatic carbocycles. The van der Waals surface area contributed by atoms with Crippen LogP contribution in [0.1, 0.15) is 5.56 Å². The molecule has 0 aliphatic carbocycles. The first-order valence-corrected chi connectivity index (χ1v) is 7.13. The van der Waals surface area contributed by atoms with Crippen molar-refractivity contribution in [2.24, 2.45) is 0 Å². The van der Waals surface area contributed by atoms with Crippen molar-refractivity contribution in [1.82, 2.24) is 0 Å². The highest BCUT2D eigenvalue weighted by atomic mass is 31.2. The van der Waals surface area contributed by atoms with Crippen molar-refractivity contribution in [2.45, 2.75) is 6.92 Å². The summed E-state index contributed by atoms with van der Waals surface area (Å²) in [6, 6.07) is 11.3. The molecule has 0 heterocycles. The zero-order valence-electron chi connectivity index (χ0n) is 10.00. The lowest BCUT2D eigenvalue weighted by Crippen LogP contribution is -2.16. The van der Waals surface area contributed by atoms with Crippen molar-refractivity contribution in [1.29, 1.82) is 0 Å². The van der Waals surface area contributed by atoms with Crippen LogP contribution >= 0.6 is 7.37 Å². The predicted molar refractivity (Wildman–Crippen MR) is 75.5 cm³/mol. The fourth-order valence-electron chi connectivity index (χ4n) is 1.71. The van der Waals surface area contributed by atoms with Gasteiger partial charge in [-0.2, -0.15) is 0 Å². The van der Waals surface area contributed by atoms with E-state index in [0.29, 0.717) is 22.0 Å². The highest BCUT2D eigenvalue weighted by Gasteiger charge is 2.24. The smallest absolute Gasteiger partial charge is 0.258 e. The Morgan fingerprint density at radius 1 is 1.06 bits per heavy atom. The Labute approximate surface area is 106 Å². The molecule has 2 rings (SSSR count). The Bertz CT molecular complexity index is 641. The Morgan fingerprint density at radius 2 is 1.72 bits per heavy atom. The summed E-state index contributed by atoms with van der Waals surface area (Å²) in [4.78, 5) is 10.3.